The zero-order valence-corrected chi connectivity index (χ0v) is 14.5. The lowest BCUT2D eigenvalue weighted by Gasteiger charge is -2.13. The monoisotopic (exact) mass is 350 g/mol. The van der Waals surface area contributed by atoms with E-state index in [9.17, 15) is 0 Å². The maximum Gasteiger partial charge on any atom is 0.0835 e. The number of alkyl halides is 1. The molecule has 0 nitrogen and oxygen atoms in total. The summed E-state index contributed by atoms with van der Waals surface area (Å²) in [5.74, 6) is 0.681. The molecule has 1 unspecified atom stereocenters. The summed E-state index contributed by atoms with van der Waals surface area (Å²) in [5.41, 5.74) is 4.87. The van der Waals surface area contributed by atoms with E-state index in [1.807, 2.05) is 0 Å². The number of aryl methyl sites for hydroxylation is 1. The molecule has 0 aromatic heterocycles. The molecule has 0 heterocycles. The lowest BCUT2D eigenvalue weighted by atomic mass is 9.98. The Morgan fingerprint density at radius 1 is 1.00 bits per heavy atom. The van der Waals surface area contributed by atoms with Gasteiger partial charge in [-0.15, -0.1) is 11.6 Å². The third kappa shape index (κ3) is 3.86. The molecule has 0 radical (unpaired) electrons. The molecule has 2 aromatic rings. The van der Waals surface area contributed by atoms with Crippen LogP contribution in [0, 0.1) is 12.8 Å². The predicted octanol–water partition coefficient (Wildman–Crippen LogP) is 6.28. The van der Waals surface area contributed by atoms with E-state index in [4.69, 9.17) is 11.6 Å². The number of rotatable bonds is 4. The van der Waals surface area contributed by atoms with Crippen LogP contribution in [0.1, 0.15) is 41.5 Å². The van der Waals surface area contributed by atoms with Crippen molar-refractivity contribution in [2.45, 2.75) is 32.6 Å². The first kappa shape index (κ1) is 15.6. The molecule has 2 aromatic carbocycles. The standard InChI is InChI=1S/C18H20BrCl/c1-12(2)10-14-5-8-15(9-6-14)18(20)16-7-4-13(3)17(19)11-16/h4-9,11-12,18H,10H2,1-3H3. The highest BCUT2D eigenvalue weighted by molar-refractivity contribution is 9.10. The predicted molar refractivity (Wildman–Crippen MR) is 91.6 cm³/mol. The van der Waals surface area contributed by atoms with Crippen LogP contribution in [0.4, 0.5) is 0 Å². The maximum atomic E-state index is 6.59. The summed E-state index contributed by atoms with van der Waals surface area (Å²) in [5, 5.41) is -0.0972. The average Bonchev–Trinajstić information content (AvgIpc) is 2.41. The van der Waals surface area contributed by atoms with Gasteiger partial charge in [0, 0.05) is 4.47 Å². The fraction of sp³-hybridized carbons (Fsp3) is 0.333. The molecular formula is C18H20BrCl. The molecule has 0 N–H and O–H groups in total. The van der Waals surface area contributed by atoms with Crippen molar-refractivity contribution in [2.75, 3.05) is 0 Å². The largest absolute Gasteiger partial charge is 0.113 e. The highest BCUT2D eigenvalue weighted by Gasteiger charge is 2.12. The van der Waals surface area contributed by atoms with Crippen LogP contribution in [0.25, 0.3) is 0 Å². The fourth-order valence-corrected chi connectivity index (χ4v) is 2.93. The van der Waals surface area contributed by atoms with Gasteiger partial charge in [-0.1, -0.05) is 66.2 Å². The second kappa shape index (κ2) is 6.78. The van der Waals surface area contributed by atoms with Crippen LogP contribution in [0.15, 0.2) is 46.9 Å². The van der Waals surface area contributed by atoms with E-state index in [1.165, 1.54) is 11.1 Å². The Morgan fingerprint density at radius 3 is 2.15 bits per heavy atom. The molecule has 2 heteroatoms. The molecule has 0 spiro atoms. The molecular weight excluding hydrogens is 332 g/mol. The van der Waals surface area contributed by atoms with Gasteiger partial charge in [-0.25, -0.2) is 0 Å². The molecule has 0 aliphatic heterocycles. The molecule has 0 saturated carbocycles. The van der Waals surface area contributed by atoms with Crippen LogP contribution >= 0.6 is 27.5 Å². The molecule has 0 amide bonds. The van der Waals surface area contributed by atoms with Crippen molar-refractivity contribution in [2.24, 2.45) is 5.92 Å². The average molecular weight is 352 g/mol. The smallest absolute Gasteiger partial charge is 0.0835 e. The number of hydrogen-bond donors (Lipinski definition) is 0. The number of benzene rings is 2. The molecule has 0 bridgehead atoms. The minimum atomic E-state index is -0.0972. The normalized spacial score (nSPS) is 12.7. The summed E-state index contributed by atoms with van der Waals surface area (Å²) in [4.78, 5) is 0. The van der Waals surface area contributed by atoms with Crippen molar-refractivity contribution in [3.05, 3.63) is 69.2 Å². The lowest BCUT2D eigenvalue weighted by Crippen LogP contribution is -1.97. The van der Waals surface area contributed by atoms with Gasteiger partial charge < -0.3 is 0 Å². The first-order valence-corrected chi connectivity index (χ1v) is 8.19. The van der Waals surface area contributed by atoms with Crippen LogP contribution in [-0.4, -0.2) is 0 Å². The summed E-state index contributed by atoms with van der Waals surface area (Å²) in [7, 11) is 0. The third-order valence-electron chi connectivity index (χ3n) is 3.40. The van der Waals surface area contributed by atoms with Gasteiger partial charge in [-0.2, -0.15) is 0 Å². The first-order valence-electron chi connectivity index (χ1n) is 6.96. The van der Waals surface area contributed by atoms with Gasteiger partial charge in [-0.05, 0) is 47.6 Å². The van der Waals surface area contributed by atoms with Gasteiger partial charge in [0.25, 0.3) is 0 Å². The van der Waals surface area contributed by atoms with Crippen LogP contribution in [-0.2, 0) is 6.42 Å². The highest BCUT2D eigenvalue weighted by atomic mass is 79.9. The Kier molecular flexibility index (Phi) is 5.29. The van der Waals surface area contributed by atoms with E-state index in [0.717, 1.165) is 22.0 Å². The van der Waals surface area contributed by atoms with Gasteiger partial charge >= 0.3 is 0 Å². The van der Waals surface area contributed by atoms with Crippen molar-refractivity contribution >= 4 is 27.5 Å². The SMILES string of the molecule is Cc1ccc(C(Cl)c2ccc(CC(C)C)cc2)cc1Br. The van der Waals surface area contributed by atoms with E-state index in [-0.39, 0.29) is 5.38 Å². The number of hydrogen-bond acceptors (Lipinski definition) is 0. The first-order chi connectivity index (χ1) is 9.47. The molecule has 20 heavy (non-hydrogen) atoms. The Hall–Kier alpha value is -0.790. The van der Waals surface area contributed by atoms with E-state index in [1.54, 1.807) is 0 Å². The minimum absolute atomic E-state index is 0.0972. The second-order valence-corrected chi connectivity index (χ2v) is 7.00. The molecule has 0 fully saturated rings. The Balaban J connectivity index is 2.20. The molecule has 0 aliphatic carbocycles. The van der Waals surface area contributed by atoms with E-state index < -0.39 is 0 Å². The van der Waals surface area contributed by atoms with Crippen LogP contribution in [0.2, 0.25) is 0 Å². The fourth-order valence-electron chi connectivity index (χ4n) is 2.25. The molecule has 1 atom stereocenters. The topological polar surface area (TPSA) is 0 Å². The minimum Gasteiger partial charge on any atom is -0.113 e. The molecule has 0 saturated heterocycles. The van der Waals surface area contributed by atoms with Gasteiger partial charge in [0.1, 0.15) is 0 Å². The van der Waals surface area contributed by atoms with Crippen LogP contribution in [0.3, 0.4) is 0 Å². The molecule has 2 rings (SSSR count). The van der Waals surface area contributed by atoms with Crippen molar-refractivity contribution in [3.63, 3.8) is 0 Å². The molecule has 0 aliphatic rings. The Labute approximate surface area is 135 Å². The summed E-state index contributed by atoms with van der Waals surface area (Å²) >= 11 is 10.2. The van der Waals surface area contributed by atoms with Crippen molar-refractivity contribution < 1.29 is 0 Å². The summed E-state index contributed by atoms with van der Waals surface area (Å²) in [6, 6.07) is 15.0. The van der Waals surface area contributed by atoms with Crippen molar-refractivity contribution in [1.82, 2.24) is 0 Å². The Bertz CT molecular complexity index is 572. The van der Waals surface area contributed by atoms with E-state index in [0.29, 0.717) is 5.92 Å². The zero-order valence-electron chi connectivity index (χ0n) is 12.2. The quantitative estimate of drug-likeness (QED) is 0.568. The summed E-state index contributed by atoms with van der Waals surface area (Å²) < 4.78 is 1.11. The molecule has 106 valence electrons. The van der Waals surface area contributed by atoms with Gasteiger partial charge in [0.15, 0.2) is 0 Å². The van der Waals surface area contributed by atoms with Crippen molar-refractivity contribution in [1.29, 1.82) is 0 Å². The van der Waals surface area contributed by atoms with Gasteiger partial charge in [-0.3, -0.25) is 0 Å². The lowest BCUT2D eigenvalue weighted by molar-refractivity contribution is 0.647. The van der Waals surface area contributed by atoms with Crippen LogP contribution < -0.4 is 0 Å². The summed E-state index contributed by atoms with van der Waals surface area (Å²) in [6.07, 6.45) is 1.11. The second-order valence-electron chi connectivity index (χ2n) is 5.71. The van der Waals surface area contributed by atoms with E-state index >= 15 is 0 Å². The summed E-state index contributed by atoms with van der Waals surface area (Å²) in [6.45, 7) is 6.56. The maximum absolute atomic E-state index is 6.59. The Morgan fingerprint density at radius 2 is 1.60 bits per heavy atom. The number of halogens is 2. The van der Waals surface area contributed by atoms with Gasteiger partial charge in [0.2, 0.25) is 0 Å². The van der Waals surface area contributed by atoms with Crippen molar-refractivity contribution in [3.8, 4) is 0 Å². The van der Waals surface area contributed by atoms with Crippen LogP contribution in [0.5, 0.6) is 0 Å². The van der Waals surface area contributed by atoms with E-state index in [2.05, 4.69) is 79.2 Å². The zero-order chi connectivity index (χ0) is 14.7. The highest BCUT2D eigenvalue weighted by Crippen LogP contribution is 2.31. The van der Waals surface area contributed by atoms with Gasteiger partial charge in [0.05, 0.1) is 5.38 Å². The third-order valence-corrected chi connectivity index (χ3v) is 4.76.